The third-order valence-electron chi connectivity index (χ3n) is 4.30. The SMILES string of the molecule is CCCCN(CCCNC1CCCC1)c1ccccc1. The summed E-state index contributed by atoms with van der Waals surface area (Å²) in [5.74, 6) is 0. The summed E-state index contributed by atoms with van der Waals surface area (Å²) in [6, 6.07) is 11.7. The lowest BCUT2D eigenvalue weighted by Crippen LogP contribution is -2.31. The molecule has 20 heavy (non-hydrogen) atoms. The highest BCUT2D eigenvalue weighted by Crippen LogP contribution is 2.18. The fraction of sp³-hybridized carbons (Fsp3) is 0.667. The van der Waals surface area contributed by atoms with Gasteiger partial charge in [-0.1, -0.05) is 44.4 Å². The van der Waals surface area contributed by atoms with Crippen LogP contribution in [0.25, 0.3) is 0 Å². The number of para-hydroxylation sites is 1. The molecule has 1 aliphatic carbocycles. The van der Waals surface area contributed by atoms with Gasteiger partial charge in [0.2, 0.25) is 0 Å². The molecule has 1 N–H and O–H groups in total. The zero-order valence-corrected chi connectivity index (χ0v) is 13.0. The Morgan fingerprint density at radius 2 is 1.75 bits per heavy atom. The number of benzene rings is 1. The molecule has 1 aromatic rings. The van der Waals surface area contributed by atoms with Crippen LogP contribution < -0.4 is 10.2 Å². The summed E-state index contributed by atoms with van der Waals surface area (Å²) in [7, 11) is 0. The summed E-state index contributed by atoms with van der Waals surface area (Å²) in [5, 5.41) is 3.72. The van der Waals surface area contributed by atoms with Crippen LogP contribution in [0, 0.1) is 0 Å². The van der Waals surface area contributed by atoms with Crippen molar-refractivity contribution in [3.05, 3.63) is 30.3 Å². The first kappa shape index (κ1) is 15.4. The Hall–Kier alpha value is -1.02. The van der Waals surface area contributed by atoms with Crippen LogP contribution in [-0.4, -0.2) is 25.7 Å². The molecule has 112 valence electrons. The normalized spacial score (nSPS) is 15.7. The molecule has 0 radical (unpaired) electrons. The fourth-order valence-corrected chi connectivity index (χ4v) is 3.06. The van der Waals surface area contributed by atoms with Crippen LogP contribution >= 0.6 is 0 Å². The van der Waals surface area contributed by atoms with E-state index in [1.165, 1.54) is 70.3 Å². The van der Waals surface area contributed by atoms with Crippen molar-refractivity contribution in [2.45, 2.75) is 57.9 Å². The largest absolute Gasteiger partial charge is 0.371 e. The Balaban J connectivity index is 1.72. The van der Waals surface area contributed by atoms with Gasteiger partial charge in [0, 0.05) is 24.8 Å². The van der Waals surface area contributed by atoms with Crippen LogP contribution in [0.2, 0.25) is 0 Å². The molecule has 2 nitrogen and oxygen atoms in total. The minimum Gasteiger partial charge on any atom is -0.371 e. The summed E-state index contributed by atoms with van der Waals surface area (Å²) in [6.45, 7) is 5.79. The van der Waals surface area contributed by atoms with Gasteiger partial charge in [-0.2, -0.15) is 0 Å². The van der Waals surface area contributed by atoms with E-state index in [0.717, 1.165) is 6.04 Å². The standard InChI is InChI=1S/C18H30N2/c1-2-3-15-20(18-12-5-4-6-13-18)16-9-14-19-17-10-7-8-11-17/h4-6,12-13,17,19H,2-3,7-11,14-16H2,1H3. The molecule has 1 saturated carbocycles. The van der Waals surface area contributed by atoms with E-state index < -0.39 is 0 Å². The molecule has 0 amide bonds. The van der Waals surface area contributed by atoms with Gasteiger partial charge in [0.05, 0.1) is 0 Å². The van der Waals surface area contributed by atoms with Crippen LogP contribution in [0.15, 0.2) is 30.3 Å². The lowest BCUT2D eigenvalue weighted by molar-refractivity contribution is 0.512. The van der Waals surface area contributed by atoms with E-state index in [1.54, 1.807) is 0 Å². The van der Waals surface area contributed by atoms with Gasteiger partial charge in [-0.05, 0) is 44.4 Å². The van der Waals surface area contributed by atoms with Crippen molar-refractivity contribution in [3.63, 3.8) is 0 Å². The lowest BCUT2D eigenvalue weighted by Gasteiger charge is -2.25. The summed E-state index contributed by atoms with van der Waals surface area (Å²) in [6.07, 6.45) is 9.41. The maximum absolute atomic E-state index is 3.72. The first-order chi connectivity index (χ1) is 9.90. The first-order valence-electron chi connectivity index (χ1n) is 8.43. The van der Waals surface area contributed by atoms with Crippen molar-refractivity contribution in [1.29, 1.82) is 0 Å². The molecule has 0 bridgehead atoms. The van der Waals surface area contributed by atoms with Gasteiger partial charge in [-0.15, -0.1) is 0 Å². The van der Waals surface area contributed by atoms with Gasteiger partial charge in [0.25, 0.3) is 0 Å². The Labute approximate surface area is 124 Å². The van der Waals surface area contributed by atoms with Crippen molar-refractivity contribution in [3.8, 4) is 0 Å². The smallest absolute Gasteiger partial charge is 0.0366 e. The highest BCUT2D eigenvalue weighted by Gasteiger charge is 2.13. The Morgan fingerprint density at radius 1 is 1.05 bits per heavy atom. The molecule has 1 aromatic carbocycles. The molecular formula is C18H30N2. The van der Waals surface area contributed by atoms with Crippen LogP contribution in [-0.2, 0) is 0 Å². The van der Waals surface area contributed by atoms with E-state index in [0.29, 0.717) is 0 Å². The van der Waals surface area contributed by atoms with Gasteiger partial charge in [0.1, 0.15) is 0 Å². The van der Waals surface area contributed by atoms with Gasteiger partial charge in [0.15, 0.2) is 0 Å². The van der Waals surface area contributed by atoms with Gasteiger partial charge in [-0.3, -0.25) is 0 Å². The second kappa shape index (κ2) is 9.02. The van der Waals surface area contributed by atoms with Gasteiger partial charge < -0.3 is 10.2 Å². The molecule has 0 unspecified atom stereocenters. The predicted molar refractivity (Wildman–Crippen MR) is 88.4 cm³/mol. The zero-order chi connectivity index (χ0) is 14.0. The lowest BCUT2D eigenvalue weighted by atomic mass is 10.2. The number of hydrogen-bond acceptors (Lipinski definition) is 2. The number of nitrogens with one attached hydrogen (secondary N) is 1. The predicted octanol–water partition coefficient (Wildman–Crippen LogP) is 4.22. The van der Waals surface area contributed by atoms with Crippen LogP contribution in [0.5, 0.6) is 0 Å². The minimum absolute atomic E-state index is 0.802. The maximum Gasteiger partial charge on any atom is 0.0366 e. The quantitative estimate of drug-likeness (QED) is 0.678. The third-order valence-corrected chi connectivity index (χ3v) is 4.30. The van der Waals surface area contributed by atoms with Crippen molar-refractivity contribution >= 4 is 5.69 Å². The molecule has 0 spiro atoms. The summed E-state index contributed by atoms with van der Waals surface area (Å²) < 4.78 is 0. The van der Waals surface area contributed by atoms with Gasteiger partial charge in [-0.25, -0.2) is 0 Å². The van der Waals surface area contributed by atoms with E-state index in [2.05, 4.69) is 47.5 Å². The van der Waals surface area contributed by atoms with E-state index in [1.807, 2.05) is 0 Å². The second-order valence-electron chi connectivity index (χ2n) is 5.97. The molecule has 1 aliphatic rings. The Bertz CT molecular complexity index is 344. The second-order valence-corrected chi connectivity index (χ2v) is 5.97. The summed E-state index contributed by atoms with van der Waals surface area (Å²) in [4.78, 5) is 2.54. The van der Waals surface area contributed by atoms with Crippen LogP contribution in [0.1, 0.15) is 51.9 Å². The van der Waals surface area contributed by atoms with Crippen molar-refractivity contribution < 1.29 is 0 Å². The number of unbranched alkanes of at least 4 members (excludes halogenated alkanes) is 1. The van der Waals surface area contributed by atoms with Gasteiger partial charge >= 0.3 is 0 Å². The fourth-order valence-electron chi connectivity index (χ4n) is 3.06. The van der Waals surface area contributed by atoms with E-state index in [-0.39, 0.29) is 0 Å². The van der Waals surface area contributed by atoms with Crippen LogP contribution in [0.3, 0.4) is 0 Å². The van der Waals surface area contributed by atoms with Crippen LogP contribution in [0.4, 0.5) is 5.69 Å². The number of nitrogens with zero attached hydrogens (tertiary/aromatic N) is 1. The molecule has 2 rings (SSSR count). The maximum atomic E-state index is 3.72. The van der Waals surface area contributed by atoms with Crippen molar-refractivity contribution in [1.82, 2.24) is 5.32 Å². The van der Waals surface area contributed by atoms with E-state index in [4.69, 9.17) is 0 Å². The zero-order valence-electron chi connectivity index (χ0n) is 13.0. The highest BCUT2D eigenvalue weighted by atomic mass is 15.1. The minimum atomic E-state index is 0.802. The van der Waals surface area contributed by atoms with Crippen molar-refractivity contribution in [2.24, 2.45) is 0 Å². The number of anilines is 1. The summed E-state index contributed by atoms with van der Waals surface area (Å²) >= 11 is 0. The molecule has 0 heterocycles. The molecule has 2 heteroatoms. The topological polar surface area (TPSA) is 15.3 Å². The molecular weight excluding hydrogens is 244 g/mol. The Morgan fingerprint density at radius 3 is 2.45 bits per heavy atom. The average molecular weight is 274 g/mol. The first-order valence-corrected chi connectivity index (χ1v) is 8.43. The third kappa shape index (κ3) is 5.16. The summed E-state index contributed by atoms with van der Waals surface area (Å²) in [5.41, 5.74) is 1.38. The van der Waals surface area contributed by atoms with E-state index in [9.17, 15) is 0 Å². The monoisotopic (exact) mass is 274 g/mol. The molecule has 0 saturated heterocycles. The average Bonchev–Trinajstić information content (AvgIpc) is 3.01. The number of rotatable bonds is 9. The van der Waals surface area contributed by atoms with E-state index >= 15 is 0 Å². The molecule has 0 aliphatic heterocycles. The molecule has 0 atom stereocenters. The highest BCUT2D eigenvalue weighted by molar-refractivity contribution is 5.45. The van der Waals surface area contributed by atoms with Crippen molar-refractivity contribution in [2.75, 3.05) is 24.5 Å². The Kier molecular flexibility index (Phi) is 6.93. The molecule has 1 fully saturated rings. The molecule has 0 aromatic heterocycles. The number of hydrogen-bond donors (Lipinski definition) is 1.